The van der Waals surface area contributed by atoms with Crippen molar-refractivity contribution in [2.75, 3.05) is 27.7 Å². The lowest BCUT2D eigenvalue weighted by atomic mass is 10.0. The van der Waals surface area contributed by atoms with Crippen molar-refractivity contribution in [1.82, 2.24) is 15.4 Å². The molecule has 0 bridgehead atoms. The van der Waals surface area contributed by atoms with Crippen LogP contribution >= 0.6 is 0 Å². The van der Waals surface area contributed by atoms with Gasteiger partial charge in [0.05, 0.1) is 24.4 Å². The van der Waals surface area contributed by atoms with Crippen LogP contribution in [0.25, 0.3) is 0 Å². The third-order valence-corrected chi connectivity index (χ3v) is 5.26. The van der Waals surface area contributed by atoms with E-state index in [2.05, 4.69) is 15.4 Å². The van der Waals surface area contributed by atoms with E-state index >= 15 is 0 Å². The second kappa shape index (κ2) is 10.1. The first-order valence-corrected chi connectivity index (χ1v) is 10.1. The first-order chi connectivity index (χ1) is 14.9. The summed E-state index contributed by atoms with van der Waals surface area (Å²) in [4.78, 5) is 14.7. The topological polar surface area (TPSA) is 76.8 Å². The zero-order chi connectivity index (χ0) is 22.4. The van der Waals surface area contributed by atoms with E-state index in [4.69, 9.17) is 14.0 Å². The number of hydrogen-bond acceptors (Lipinski definition) is 6. The normalized spacial score (nSPS) is 11.9. The summed E-state index contributed by atoms with van der Waals surface area (Å²) < 4.78 is 16.4. The van der Waals surface area contributed by atoms with E-state index in [1.165, 1.54) is 0 Å². The predicted molar refractivity (Wildman–Crippen MR) is 119 cm³/mol. The van der Waals surface area contributed by atoms with Crippen LogP contribution in [0.15, 0.2) is 53.1 Å². The summed E-state index contributed by atoms with van der Waals surface area (Å²) >= 11 is 0. The first kappa shape index (κ1) is 22.4. The molecular formula is C24H29N3O4. The zero-order valence-electron chi connectivity index (χ0n) is 18.6. The van der Waals surface area contributed by atoms with Gasteiger partial charge in [0, 0.05) is 17.7 Å². The number of aromatic nitrogens is 1. The molecule has 1 amide bonds. The van der Waals surface area contributed by atoms with Gasteiger partial charge in [-0.1, -0.05) is 23.4 Å². The monoisotopic (exact) mass is 423 g/mol. The Morgan fingerprint density at radius 1 is 1.13 bits per heavy atom. The predicted octanol–water partition coefficient (Wildman–Crippen LogP) is 3.91. The molecule has 0 saturated heterocycles. The van der Waals surface area contributed by atoms with Gasteiger partial charge in [-0.25, -0.2) is 0 Å². The van der Waals surface area contributed by atoms with Crippen LogP contribution in [-0.2, 0) is 6.61 Å². The van der Waals surface area contributed by atoms with Crippen LogP contribution in [-0.4, -0.2) is 43.7 Å². The van der Waals surface area contributed by atoms with Crippen molar-refractivity contribution in [3.05, 3.63) is 76.7 Å². The summed E-state index contributed by atoms with van der Waals surface area (Å²) in [5.74, 6) is 2.09. The molecule has 3 rings (SSSR count). The number of likely N-dealkylation sites (N-methyl/N-ethyl adjacent to an activating group) is 1. The van der Waals surface area contributed by atoms with Crippen molar-refractivity contribution in [2.45, 2.75) is 26.5 Å². The third-order valence-electron chi connectivity index (χ3n) is 5.26. The van der Waals surface area contributed by atoms with Gasteiger partial charge in [0.15, 0.2) is 0 Å². The number of nitrogens with zero attached hydrogens (tertiary/aromatic N) is 2. The highest BCUT2D eigenvalue weighted by Crippen LogP contribution is 2.27. The Morgan fingerprint density at radius 2 is 1.84 bits per heavy atom. The molecule has 1 heterocycles. The van der Waals surface area contributed by atoms with Gasteiger partial charge in [-0.3, -0.25) is 4.79 Å². The number of amides is 1. The molecule has 2 aromatic carbocycles. The van der Waals surface area contributed by atoms with Crippen molar-refractivity contribution >= 4 is 5.91 Å². The van der Waals surface area contributed by atoms with Crippen LogP contribution < -0.4 is 14.8 Å². The summed E-state index contributed by atoms with van der Waals surface area (Å²) in [6.45, 7) is 4.57. The molecule has 0 radical (unpaired) electrons. The fourth-order valence-electron chi connectivity index (χ4n) is 3.37. The molecule has 0 saturated carbocycles. The second-order valence-corrected chi connectivity index (χ2v) is 7.55. The van der Waals surface area contributed by atoms with Crippen LogP contribution in [0.3, 0.4) is 0 Å². The molecule has 0 aliphatic rings. The fraction of sp³-hybridized carbons (Fsp3) is 0.333. The SMILES string of the molecule is COc1ccccc1[C@@H](CNC(=O)c1ccc(OCc2c(C)noc2C)cc1)N(C)C. The average molecular weight is 424 g/mol. The lowest BCUT2D eigenvalue weighted by molar-refractivity contribution is 0.0941. The molecule has 0 fully saturated rings. The molecule has 164 valence electrons. The van der Waals surface area contributed by atoms with Crippen molar-refractivity contribution in [1.29, 1.82) is 0 Å². The molecule has 0 unspecified atom stereocenters. The minimum atomic E-state index is -0.140. The van der Waals surface area contributed by atoms with Crippen LogP contribution in [0.2, 0.25) is 0 Å². The highest BCUT2D eigenvalue weighted by molar-refractivity contribution is 5.94. The third kappa shape index (κ3) is 5.44. The first-order valence-electron chi connectivity index (χ1n) is 10.1. The highest BCUT2D eigenvalue weighted by atomic mass is 16.5. The number of nitrogens with one attached hydrogen (secondary N) is 1. The van der Waals surface area contributed by atoms with Crippen LogP contribution in [0, 0.1) is 13.8 Å². The van der Waals surface area contributed by atoms with Gasteiger partial charge >= 0.3 is 0 Å². The maximum atomic E-state index is 12.7. The molecule has 1 aromatic heterocycles. The number of carbonyl (C=O) groups is 1. The van der Waals surface area contributed by atoms with E-state index < -0.39 is 0 Å². The van der Waals surface area contributed by atoms with Crippen molar-refractivity contribution in [3.63, 3.8) is 0 Å². The molecule has 7 nitrogen and oxygen atoms in total. The van der Waals surface area contributed by atoms with E-state index in [1.54, 1.807) is 31.4 Å². The van der Waals surface area contributed by atoms with Gasteiger partial charge < -0.3 is 24.2 Å². The Hall–Kier alpha value is -3.32. The van der Waals surface area contributed by atoms with Crippen LogP contribution in [0.4, 0.5) is 0 Å². The van der Waals surface area contributed by atoms with E-state index in [9.17, 15) is 4.79 Å². The lowest BCUT2D eigenvalue weighted by Gasteiger charge is -2.26. The summed E-state index contributed by atoms with van der Waals surface area (Å²) in [5.41, 5.74) is 3.35. The molecule has 1 N–H and O–H groups in total. The van der Waals surface area contributed by atoms with Crippen molar-refractivity contribution in [2.24, 2.45) is 0 Å². The summed E-state index contributed by atoms with van der Waals surface area (Å²) in [6, 6.07) is 14.9. The quantitative estimate of drug-likeness (QED) is 0.562. The number of para-hydroxylation sites is 1. The Morgan fingerprint density at radius 3 is 2.45 bits per heavy atom. The Bertz CT molecular complexity index is 992. The maximum Gasteiger partial charge on any atom is 0.251 e. The molecule has 0 aliphatic heterocycles. The Labute approximate surface area is 182 Å². The minimum Gasteiger partial charge on any atom is -0.496 e. The molecular weight excluding hydrogens is 394 g/mol. The largest absolute Gasteiger partial charge is 0.496 e. The fourth-order valence-corrected chi connectivity index (χ4v) is 3.37. The molecule has 1 atom stereocenters. The molecule has 7 heteroatoms. The van der Waals surface area contributed by atoms with E-state index in [1.807, 2.05) is 52.2 Å². The van der Waals surface area contributed by atoms with Crippen LogP contribution in [0.5, 0.6) is 11.5 Å². The summed E-state index contributed by atoms with van der Waals surface area (Å²) in [5, 5.41) is 6.95. The van der Waals surface area contributed by atoms with Crippen molar-refractivity contribution in [3.8, 4) is 11.5 Å². The Kier molecular flexibility index (Phi) is 7.31. The zero-order valence-corrected chi connectivity index (χ0v) is 18.6. The van der Waals surface area contributed by atoms with E-state index in [-0.39, 0.29) is 11.9 Å². The van der Waals surface area contributed by atoms with Gasteiger partial charge in [-0.05, 0) is 58.3 Å². The maximum absolute atomic E-state index is 12.7. The number of aryl methyl sites for hydroxylation is 2. The standard InChI is InChI=1S/C24H29N3O4/c1-16-21(17(2)31-26-16)15-30-19-12-10-18(11-13-19)24(28)25-14-22(27(3)4)20-8-6-7-9-23(20)29-5/h6-13,22H,14-15H2,1-5H3,(H,25,28)/t22-/m1/s1. The highest BCUT2D eigenvalue weighted by Gasteiger charge is 2.19. The molecule has 31 heavy (non-hydrogen) atoms. The lowest BCUT2D eigenvalue weighted by Crippen LogP contribution is -2.34. The number of ether oxygens (including phenoxy) is 2. The summed E-state index contributed by atoms with van der Waals surface area (Å²) in [6.07, 6.45) is 0. The number of methoxy groups -OCH3 is 1. The van der Waals surface area contributed by atoms with Gasteiger partial charge in [0.1, 0.15) is 23.9 Å². The number of benzene rings is 2. The number of rotatable bonds is 9. The Balaban J connectivity index is 1.61. The van der Waals surface area contributed by atoms with Gasteiger partial charge in [0.2, 0.25) is 0 Å². The minimum absolute atomic E-state index is 0.0160. The average Bonchev–Trinajstić information content (AvgIpc) is 3.10. The number of hydrogen-bond donors (Lipinski definition) is 1. The van der Waals surface area contributed by atoms with Gasteiger partial charge in [-0.2, -0.15) is 0 Å². The van der Waals surface area contributed by atoms with E-state index in [0.29, 0.717) is 24.5 Å². The van der Waals surface area contributed by atoms with Crippen LogP contribution in [0.1, 0.15) is 39.0 Å². The van der Waals surface area contributed by atoms with Gasteiger partial charge in [-0.15, -0.1) is 0 Å². The molecule has 0 spiro atoms. The summed E-state index contributed by atoms with van der Waals surface area (Å²) in [7, 11) is 5.61. The smallest absolute Gasteiger partial charge is 0.251 e. The molecule has 0 aliphatic carbocycles. The van der Waals surface area contributed by atoms with Crippen molar-refractivity contribution < 1.29 is 18.8 Å². The number of carbonyl (C=O) groups excluding carboxylic acids is 1. The second-order valence-electron chi connectivity index (χ2n) is 7.55. The molecule has 3 aromatic rings. The van der Waals surface area contributed by atoms with Gasteiger partial charge in [0.25, 0.3) is 5.91 Å². The van der Waals surface area contributed by atoms with E-state index in [0.717, 1.165) is 28.3 Å².